The van der Waals surface area contributed by atoms with Crippen LogP contribution in [0, 0.1) is 5.82 Å². The lowest BCUT2D eigenvalue weighted by Gasteiger charge is -2.14. The molecule has 116 valence electrons. The van der Waals surface area contributed by atoms with Crippen LogP contribution in [0.15, 0.2) is 48.5 Å². The second-order valence-corrected chi connectivity index (χ2v) is 5.50. The van der Waals surface area contributed by atoms with Gasteiger partial charge in [-0.1, -0.05) is 35.9 Å². The van der Waals surface area contributed by atoms with Crippen molar-refractivity contribution in [3.05, 3.63) is 70.5 Å². The Morgan fingerprint density at radius 3 is 2.64 bits per heavy atom. The number of nitrogens with one attached hydrogen (secondary N) is 2. The van der Waals surface area contributed by atoms with Crippen molar-refractivity contribution in [3.63, 3.8) is 0 Å². The molecule has 1 atom stereocenters. The molecule has 0 aromatic heterocycles. The van der Waals surface area contributed by atoms with Crippen molar-refractivity contribution < 1.29 is 9.18 Å². The Labute approximate surface area is 134 Å². The zero-order valence-corrected chi connectivity index (χ0v) is 13.0. The van der Waals surface area contributed by atoms with E-state index in [4.69, 9.17) is 11.6 Å². The van der Waals surface area contributed by atoms with Crippen LogP contribution in [-0.4, -0.2) is 12.5 Å². The molecule has 0 aliphatic heterocycles. The molecule has 2 aromatic carbocycles. The zero-order chi connectivity index (χ0) is 15.9. The molecule has 5 heteroatoms. The van der Waals surface area contributed by atoms with Crippen molar-refractivity contribution in [1.82, 2.24) is 10.6 Å². The third-order valence-corrected chi connectivity index (χ3v) is 3.56. The molecule has 0 unspecified atom stereocenters. The third-order valence-electron chi connectivity index (χ3n) is 3.32. The topological polar surface area (TPSA) is 41.1 Å². The van der Waals surface area contributed by atoms with Crippen molar-refractivity contribution in [2.45, 2.75) is 19.5 Å². The second kappa shape index (κ2) is 7.92. The molecule has 2 N–H and O–H groups in total. The lowest BCUT2D eigenvalue weighted by Crippen LogP contribution is -2.34. The van der Waals surface area contributed by atoms with Gasteiger partial charge in [-0.3, -0.25) is 4.79 Å². The van der Waals surface area contributed by atoms with Gasteiger partial charge in [0.05, 0.1) is 6.54 Å². The number of amides is 1. The van der Waals surface area contributed by atoms with Gasteiger partial charge in [-0.05, 0) is 42.3 Å². The summed E-state index contributed by atoms with van der Waals surface area (Å²) in [7, 11) is 0. The number of benzene rings is 2. The summed E-state index contributed by atoms with van der Waals surface area (Å²) in [5, 5.41) is 6.60. The number of carbonyl (C=O) groups is 1. The molecule has 0 heterocycles. The van der Waals surface area contributed by atoms with E-state index in [1.165, 1.54) is 12.1 Å². The first-order chi connectivity index (χ1) is 10.5. The summed E-state index contributed by atoms with van der Waals surface area (Å²) in [4.78, 5) is 11.8. The van der Waals surface area contributed by atoms with Gasteiger partial charge in [0.15, 0.2) is 0 Å². The number of carbonyl (C=O) groups excluding carboxylic acids is 1. The molecule has 0 spiro atoms. The van der Waals surface area contributed by atoms with E-state index in [0.29, 0.717) is 11.6 Å². The minimum absolute atomic E-state index is 0.0234. The fraction of sp³-hybridized carbons (Fsp3) is 0.235. The van der Waals surface area contributed by atoms with Crippen LogP contribution in [-0.2, 0) is 11.3 Å². The Morgan fingerprint density at radius 2 is 1.95 bits per heavy atom. The van der Waals surface area contributed by atoms with Gasteiger partial charge in [-0.25, -0.2) is 4.39 Å². The molecule has 2 aromatic rings. The average molecular weight is 321 g/mol. The normalized spacial score (nSPS) is 12.0. The summed E-state index contributed by atoms with van der Waals surface area (Å²) in [5.41, 5.74) is 1.89. The summed E-state index contributed by atoms with van der Waals surface area (Å²) < 4.78 is 12.8. The Morgan fingerprint density at radius 1 is 1.23 bits per heavy atom. The van der Waals surface area contributed by atoms with Crippen LogP contribution in [0.5, 0.6) is 0 Å². The van der Waals surface area contributed by atoms with Crippen LogP contribution in [0.2, 0.25) is 5.02 Å². The molecule has 1 amide bonds. The van der Waals surface area contributed by atoms with Gasteiger partial charge in [-0.2, -0.15) is 0 Å². The molecule has 0 fully saturated rings. The number of rotatable bonds is 6. The molecule has 0 aliphatic rings. The van der Waals surface area contributed by atoms with Gasteiger partial charge in [0.1, 0.15) is 5.82 Å². The minimum atomic E-state index is -0.285. The molecule has 0 aliphatic carbocycles. The second-order valence-electron chi connectivity index (χ2n) is 5.06. The molecule has 0 saturated heterocycles. The number of hydrogen-bond acceptors (Lipinski definition) is 2. The number of halogens is 2. The smallest absolute Gasteiger partial charge is 0.234 e. The van der Waals surface area contributed by atoms with Gasteiger partial charge in [0.2, 0.25) is 5.91 Å². The highest BCUT2D eigenvalue weighted by Gasteiger charge is 2.08. The Bertz CT molecular complexity index is 631. The first kappa shape index (κ1) is 16.5. The maximum absolute atomic E-state index is 12.8. The van der Waals surface area contributed by atoms with Crippen LogP contribution in [0.4, 0.5) is 4.39 Å². The van der Waals surface area contributed by atoms with E-state index < -0.39 is 0 Å². The van der Waals surface area contributed by atoms with Crippen LogP contribution < -0.4 is 10.6 Å². The molecule has 2 rings (SSSR count). The van der Waals surface area contributed by atoms with E-state index in [1.807, 2.05) is 31.2 Å². The van der Waals surface area contributed by atoms with Crippen molar-refractivity contribution in [2.75, 3.05) is 6.54 Å². The summed E-state index contributed by atoms with van der Waals surface area (Å²) in [6.07, 6.45) is 0. The van der Waals surface area contributed by atoms with Crippen LogP contribution in [0.25, 0.3) is 0 Å². The summed E-state index contributed by atoms with van der Waals surface area (Å²) in [5.74, 6) is -0.398. The zero-order valence-electron chi connectivity index (χ0n) is 12.3. The number of hydrogen-bond donors (Lipinski definition) is 2. The highest BCUT2D eigenvalue weighted by atomic mass is 35.5. The maximum Gasteiger partial charge on any atom is 0.234 e. The van der Waals surface area contributed by atoms with Crippen LogP contribution >= 0.6 is 11.6 Å². The highest BCUT2D eigenvalue weighted by molar-refractivity contribution is 6.30. The first-order valence-corrected chi connectivity index (χ1v) is 7.42. The van der Waals surface area contributed by atoms with E-state index in [0.717, 1.165) is 11.1 Å². The maximum atomic E-state index is 12.8. The quantitative estimate of drug-likeness (QED) is 0.856. The minimum Gasteiger partial charge on any atom is -0.351 e. The first-order valence-electron chi connectivity index (χ1n) is 7.04. The van der Waals surface area contributed by atoms with Crippen molar-refractivity contribution >= 4 is 17.5 Å². The van der Waals surface area contributed by atoms with E-state index in [2.05, 4.69) is 10.6 Å². The van der Waals surface area contributed by atoms with E-state index in [9.17, 15) is 9.18 Å². The molecular weight excluding hydrogens is 303 g/mol. The van der Waals surface area contributed by atoms with E-state index in [-0.39, 0.29) is 24.3 Å². The summed E-state index contributed by atoms with van der Waals surface area (Å²) >= 11 is 5.95. The van der Waals surface area contributed by atoms with Crippen LogP contribution in [0.1, 0.15) is 24.1 Å². The van der Waals surface area contributed by atoms with Gasteiger partial charge in [0, 0.05) is 17.6 Å². The van der Waals surface area contributed by atoms with Crippen molar-refractivity contribution in [3.8, 4) is 0 Å². The molecule has 0 radical (unpaired) electrons. The van der Waals surface area contributed by atoms with Gasteiger partial charge < -0.3 is 10.6 Å². The third kappa shape index (κ3) is 5.13. The summed E-state index contributed by atoms with van der Waals surface area (Å²) in [6.45, 7) is 2.56. The van der Waals surface area contributed by atoms with Gasteiger partial charge in [0.25, 0.3) is 0 Å². The van der Waals surface area contributed by atoms with Crippen LogP contribution in [0.3, 0.4) is 0 Å². The highest BCUT2D eigenvalue weighted by Crippen LogP contribution is 2.16. The average Bonchev–Trinajstić information content (AvgIpc) is 2.52. The van der Waals surface area contributed by atoms with Gasteiger partial charge in [-0.15, -0.1) is 0 Å². The largest absolute Gasteiger partial charge is 0.351 e. The fourth-order valence-electron chi connectivity index (χ4n) is 2.00. The monoisotopic (exact) mass is 320 g/mol. The van der Waals surface area contributed by atoms with Gasteiger partial charge >= 0.3 is 0 Å². The Balaban J connectivity index is 1.76. The standard InChI is InChI=1S/C17H18ClFN2O/c1-12(14-3-2-4-15(18)9-14)20-11-17(22)21-10-13-5-7-16(19)8-6-13/h2-9,12,20H,10-11H2,1H3,(H,21,22)/t12-/m1/s1. The van der Waals surface area contributed by atoms with E-state index >= 15 is 0 Å². The molecule has 3 nitrogen and oxygen atoms in total. The predicted octanol–water partition coefficient (Wildman–Crippen LogP) is 3.45. The lowest BCUT2D eigenvalue weighted by molar-refractivity contribution is -0.120. The molecule has 0 bridgehead atoms. The summed E-state index contributed by atoms with van der Waals surface area (Å²) in [6, 6.07) is 13.6. The Kier molecular flexibility index (Phi) is 5.92. The molecule has 0 saturated carbocycles. The van der Waals surface area contributed by atoms with Crippen molar-refractivity contribution in [2.24, 2.45) is 0 Å². The predicted molar refractivity (Wildman–Crippen MR) is 86.1 cm³/mol. The molecular formula is C17H18ClFN2O. The lowest BCUT2D eigenvalue weighted by atomic mass is 10.1. The van der Waals surface area contributed by atoms with Crippen molar-refractivity contribution in [1.29, 1.82) is 0 Å². The van der Waals surface area contributed by atoms with E-state index in [1.54, 1.807) is 12.1 Å². The Hall–Kier alpha value is -1.91. The molecule has 22 heavy (non-hydrogen) atoms. The SMILES string of the molecule is C[C@@H](NCC(=O)NCc1ccc(F)cc1)c1cccc(Cl)c1. The fourth-order valence-corrected chi connectivity index (χ4v) is 2.20.